The van der Waals surface area contributed by atoms with Gasteiger partial charge in [0.05, 0.1) is 0 Å². The van der Waals surface area contributed by atoms with Gasteiger partial charge in [-0.2, -0.15) is 0 Å². The van der Waals surface area contributed by atoms with Crippen molar-refractivity contribution in [3.05, 3.63) is 47.7 Å². The van der Waals surface area contributed by atoms with Crippen molar-refractivity contribution in [2.45, 2.75) is 59.9 Å². The molecule has 1 heteroatoms. The number of piperidine rings is 1. The minimum absolute atomic E-state index is 0.645. The van der Waals surface area contributed by atoms with Gasteiger partial charge in [-0.1, -0.05) is 50.3 Å². The summed E-state index contributed by atoms with van der Waals surface area (Å²) >= 11 is 0. The van der Waals surface area contributed by atoms with Crippen LogP contribution in [0.15, 0.2) is 47.7 Å². The van der Waals surface area contributed by atoms with Gasteiger partial charge < -0.3 is 4.90 Å². The number of nitrogens with zero attached hydrogens (tertiary/aromatic N) is 1. The van der Waals surface area contributed by atoms with Crippen molar-refractivity contribution in [3.8, 4) is 0 Å². The van der Waals surface area contributed by atoms with Crippen molar-refractivity contribution in [3.63, 3.8) is 0 Å². The molecule has 0 aromatic rings. The second-order valence-corrected chi connectivity index (χ2v) is 6.44. The summed E-state index contributed by atoms with van der Waals surface area (Å²) in [6.07, 6.45) is 8.09. The van der Waals surface area contributed by atoms with Crippen LogP contribution in [0.1, 0.15) is 53.9 Å². The van der Waals surface area contributed by atoms with Crippen molar-refractivity contribution in [1.82, 2.24) is 4.90 Å². The quantitative estimate of drug-likeness (QED) is 0.600. The Morgan fingerprint density at radius 2 is 1.80 bits per heavy atom. The van der Waals surface area contributed by atoms with Gasteiger partial charge >= 0.3 is 0 Å². The predicted octanol–water partition coefficient (Wildman–Crippen LogP) is 5.48. The smallest absolute Gasteiger partial charge is 0.0368 e. The fourth-order valence-electron chi connectivity index (χ4n) is 2.90. The average molecular weight is 273 g/mol. The molecule has 1 aliphatic rings. The summed E-state index contributed by atoms with van der Waals surface area (Å²) in [5.41, 5.74) is 4.85. The normalized spacial score (nSPS) is 22.9. The zero-order valence-corrected chi connectivity index (χ0v) is 14.0. The van der Waals surface area contributed by atoms with E-state index < -0.39 is 0 Å². The summed E-state index contributed by atoms with van der Waals surface area (Å²) in [7, 11) is 0. The van der Waals surface area contributed by atoms with Gasteiger partial charge in [0.1, 0.15) is 0 Å². The fraction of sp³-hybridized carbons (Fsp3) is 0.579. The second-order valence-electron chi connectivity index (χ2n) is 6.44. The van der Waals surface area contributed by atoms with Crippen molar-refractivity contribution in [2.24, 2.45) is 5.92 Å². The maximum Gasteiger partial charge on any atom is 0.0368 e. The molecule has 1 rings (SSSR count). The minimum atomic E-state index is 0.645. The third kappa shape index (κ3) is 4.40. The number of allylic oxidation sites excluding steroid dienone is 4. The SMILES string of the molecule is C=C(C)/C=C\C(C(=C)N1CC(C)CCC1CC)=C(C)C. The van der Waals surface area contributed by atoms with Crippen molar-refractivity contribution in [1.29, 1.82) is 0 Å². The zero-order valence-electron chi connectivity index (χ0n) is 14.0. The Labute approximate surface area is 125 Å². The van der Waals surface area contributed by atoms with Crippen LogP contribution in [0.4, 0.5) is 0 Å². The van der Waals surface area contributed by atoms with E-state index in [0.29, 0.717) is 6.04 Å². The Morgan fingerprint density at radius 3 is 2.30 bits per heavy atom. The molecule has 0 amide bonds. The maximum absolute atomic E-state index is 4.40. The van der Waals surface area contributed by atoms with Crippen LogP contribution in [-0.2, 0) is 0 Å². The first kappa shape index (κ1) is 16.8. The molecule has 0 saturated carbocycles. The topological polar surface area (TPSA) is 3.24 Å². The summed E-state index contributed by atoms with van der Waals surface area (Å²) in [5, 5.41) is 0. The van der Waals surface area contributed by atoms with Gasteiger partial charge in [0, 0.05) is 18.3 Å². The van der Waals surface area contributed by atoms with Crippen molar-refractivity contribution in [2.75, 3.05) is 6.54 Å². The van der Waals surface area contributed by atoms with Gasteiger partial charge in [0.2, 0.25) is 0 Å². The van der Waals surface area contributed by atoms with Crippen molar-refractivity contribution >= 4 is 0 Å². The summed E-state index contributed by atoms with van der Waals surface area (Å²) in [4.78, 5) is 2.53. The molecule has 2 atom stereocenters. The Morgan fingerprint density at radius 1 is 1.15 bits per heavy atom. The molecule has 1 fully saturated rings. The molecular weight excluding hydrogens is 242 g/mol. The molecule has 0 aromatic heterocycles. The highest BCUT2D eigenvalue weighted by atomic mass is 15.2. The largest absolute Gasteiger partial charge is 0.368 e. The Bertz CT molecular complexity index is 421. The Hall–Kier alpha value is -1.24. The zero-order chi connectivity index (χ0) is 15.3. The lowest BCUT2D eigenvalue weighted by molar-refractivity contribution is 0.154. The molecule has 0 spiro atoms. The maximum atomic E-state index is 4.40. The molecule has 1 saturated heterocycles. The first-order valence-electron chi connectivity index (χ1n) is 7.83. The van der Waals surface area contributed by atoms with Gasteiger partial charge in [-0.25, -0.2) is 0 Å². The minimum Gasteiger partial charge on any atom is -0.368 e. The van der Waals surface area contributed by atoms with Gasteiger partial charge in [-0.15, -0.1) is 0 Å². The molecule has 0 aromatic carbocycles. The number of likely N-dealkylation sites (tertiary alicyclic amines) is 1. The molecule has 2 unspecified atom stereocenters. The molecule has 20 heavy (non-hydrogen) atoms. The lowest BCUT2D eigenvalue weighted by atomic mass is 9.91. The summed E-state index contributed by atoms with van der Waals surface area (Å²) in [6, 6.07) is 0.645. The van der Waals surface area contributed by atoms with Crippen LogP contribution >= 0.6 is 0 Å². The second kappa shape index (κ2) is 7.52. The molecule has 0 N–H and O–H groups in total. The predicted molar refractivity (Wildman–Crippen MR) is 90.7 cm³/mol. The summed E-state index contributed by atoms with van der Waals surface area (Å²) in [5.74, 6) is 0.762. The highest BCUT2D eigenvalue weighted by Gasteiger charge is 2.26. The van der Waals surface area contributed by atoms with E-state index in [2.05, 4.69) is 57.9 Å². The number of rotatable bonds is 5. The lowest BCUT2D eigenvalue weighted by Gasteiger charge is -2.41. The summed E-state index contributed by atoms with van der Waals surface area (Å²) < 4.78 is 0. The lowest BCUT2D eigenvalue weighted by Crippen LogP contribution is -2.41. The van der Waals surface area contributed by atoms with Crippen molar-refractivity contribution < 1.29 is 0 Å². The molecular formula is C19H31N. The number of hydrogen-bond donors (Lipinski definition) is 0. The van der Waals surface area contributed by atoms with Crippen LogP contribution in [0.2, 0.25) is 0 Å². The van der Waals surface area contributed by atoms with Gasteiger partial charge in [-0.3, -0.25) is 0 Å². The van der Waals surface area contributed by atoms with Crippen LogP contribution in [0, 0.1) is 5.92 Å². The summed E-state index contributed by atoms with van der Waals surface area (Å²) in [6.45, 7) is 20.5. The van der Waals surface area contributed by atoms with Crippen LogP contribution in [-0.4, -0.2) is 17.5 Å². The molecule has 112 valence electrons. The average Bonchev–Trinajstić information content (AvgIpc) is 2.37. The van der Waals surface area contributed by atoms with Crippen LogP contribution in [0.5, 0.6) is 0 Å². The molecule has 0 aliphatic carbocycles. The monoisotopic (exact) mass is 273 g/mol. The van der Waals surface area contributed by atoms with Gasteiger partial charge in [0.25, 0.3) is 0 Å². The van der Waals surface area contributed by atoms with E-state index in [1.54, 1.807) is 0 Å². The van der Waals surface area contributed by atoms with E-state index in [-0.39, 0.29) is 0 Å². The first-order chi connectivity index (χ1) is 9.36. The van der Waals surface area contributed by atoms with E-state index >= 15 is 0 Å². The third-order valence-electron chi connectivity index (χ3n) is 4.14. The van der Waals surface area contributed by atoms with E-state index in [4.69, 9.17) is 0 Å². The highest BCUT2D eigenvalue weighted by Crippen LogP contribution is 2.30. The number of hydrogen-bond acceptors (Lipinski definition) is 1. The Kier molecular flexibility index (Phi) is 6.32. The van der Waals surface area contributed by atoms with E-state index in [1.807, 2.05) is 6.92 Å². The van der Waals surface area contributed by atoms with E-state index in [0.717, 1.165) is 18.0 Å². The van der Waals surface area contributed by atoms with E-state index in [9.17, 15) is 0 Å². The fourth-order valence-corrected chi connectivity index (χ4v) is 2.90. The third-order valence-corrected chi connectivity index (χ3v) is 4.14. The standard InChI is InChI=1S/C19H31N/c1-8-18-11-10-16(6)13-20(18)17(7)19(15(4)5)12-9-14(2)3/h9,12,16,18H,2,7-8,10-11,13H2,1,3-6H3/b12-9-. The van der Waals surface area contributed by atoms with Crippen LogP contribution in [0.3, 0.4) is 0 Å². The molecule has 1 aliphatic heterocycles. The molecule has 1 heterocycles. The molecule has 0 radical (unpaired) electrons. The molecule has 1 nitrogen and oxygen atoms in total. The van der Waals surface area contributed by atoms with Crippen LogP contribution < -0.4 is 0 Å². The highest BCUT2D eigenvalue weighted by molar-refractivity contribution is 5.42. The van der Waals surface area contributed by atoms with Gasteiger partial charge in [0.15, 0.2) is 0 Å². The first-order valence-corrected chi connectivity index (χ1v) is 7.83. The Balaban J connectivity index is 2.99. The van der Waals surface area contributed by atoms with Gasteiger partial charge in [-0.05, 0) is 51.5 Å². The molecule has 0 bridgehead atoms. The van der Waals surface area contributed by atoms with Crippen LogP contribution in [0.25, 0.3) is 0 Å². The van der Waals surface area contributed by atoms with E-state index in [1.165, 1.54) is 36.1 Å².